The Kier molecular flexibility index (Phi) is 4.91. The molecule has 0 aromatic rings. The van der Waals surface area contributed by atoms with Crippen LogP contribution in [0.1, 0.15) is 51.4 Å². The van der Waals surface area contributed by atoms with Crippen LogP contribution in [-0.2, 0) is 9.59 Å². The minimum atomic E-state index is -0.194. The first-order valence-corrected chi connectivity index (χ1v) is 8.58. The van der Waals surface area contributed by atoms with Crippen LogP contribution in [0.4, 0.5) is 0 Å². The van der Waals surface area contributed by atoms with Crippen molar-refractivity contribution in [1.29, 1.82) is 0 Å². The van der Waals surface area contributed by atoms with Crippen molar-refractivity contribution >= 4 is 11.8 Å². The molecule has 1 saturated carbocycles. The van der Waals surface area contributed by atoms with Gasteiger partial charge in [0, 0.05) is 25.7 Å². The minimum Gasteiger partial charge on any atom is -0.315 e. The quantitative estimate of drug-likeness (QED) is 0.612. The van der Waals surface area contributed by atoms with Gasteiger partial charge in [0.05, 0.1) is 12.5 Å². The van der Waals surface area contributed by atoms with Gasteiger partial charge in [0.2, 0.25) is 11.8 Å². The van der Waals surface area contributed by atoms with Gasteiger partial charge in [-0.15, -0.1) is 0 Å². The Balaban J connectivity index is 1.68. The molecule has 0 aromatic heterocycles. The summed E-state index contributed by atoms with van der Waals surface area (Å²) in [7, 11) is 0. The average Bonchev–Trinajstić information content (AvgIpc) is 2.78. The van der Waals surface area contributed by atoms with Crippen molar-refractivity contribution in [1.82, 2.24) is 15.1 Å². The number of nitrogens with zero attached hydrogens (tertiary/aromatic N) is 2. The number of amides is 2. The smallest absolute Gasteiger partial charge is 0.247 e. The molecule has 0 aromatic carbocycles. The van der Waals surface area contributed by atoms with Crippen LogP contribution >= 0.6 is 0 Å². The predicted molar refractivity (Wildman–Crippen MR) is 80.8 cm³/mol. The Morgan fingerprint density at radius 3 is 2.43 bits per heavy atom. The number of hydrogen-bond acceptors (Lipinski definition) is 4. The molecule has 2 aliphatic heterocycles. The summed E-state index contributed by atoms with van der Waals surface area (Å²) in [6.45, 7) is 3.73. The molecule has 2 amide bonds. The summed E-state index contributed by atoms with van der Waals surface area (Å²) in [5.74, 6) is 0.142. The summed E-state index contributed by atoms with van der Waals surface area (Å²) in [6, 6.07) is -0.0248. The first-order chi connectivity index (χ1) is 10.3. The molecule has 3 rings (SSSR count). The minimum absolute atomic E-state index is 0.0640. The van der Waals surface area contributed by atoms with Crippen molar-refractivity contribution in [2.45, 2.75) is 63.5 Å². The van der Waals surface area contributed by atoms with Gasteiger partial charge in [-0.1, -0.05) is 25.7 Å². The molecule has 21 heavy (non-hydrogen) atoms. The van der Waals surface area contributed by atoms with Gasteiger partial charge < -0.3 is 5.32 Å². The van der Waals surface area contributed by atoms with Crippen molar-refractivity contribution in [3.8, 4) is 0 Å². The van der Waals surface area contributed by atoms with E-state index in [9.17, 15) is 9.59 Å². The second-order valence-electron chi connectivity index (χ2n) is 6.61. The lowest BCUT2D eigenvalue weighted by atomic mass is 10.1. The molecule has 1 atom stereocenters. The third kappa shape index (κ3) is 3.29. The van der Waals surface area contributed by atoms with Crippen LogP contribution in [0.25, 0.3) is 0 Å². The highest BCUT2D eigenvalue weighted by Gasteiger charge is 2.44. The average molecular weight is 293 g/mol. The lowest BCUT2D eigenvalue weighted by Gasteiger charge is -2.28. The van der Waals surface area contributed by atoms with Crippen molar-refractivity contribution in [3.63, 3.8) is 0 Å². The Morgan fingerprint density at radius 1 is 0.905 bits per heavy atom. The number of hydrogen-bond donors (Lipinski definition) is 1. The van der Waals surface area contributed by atoms with E-state index in [2.05, 4.69) is 10.2 Å². The monoisotopic (exact) mass is 293 g/mol. The van der Waals surface area contributed by atoms with E-state index in [-0.39, 0.29) is 23.9 Å². The maximum absolute atomic E-state index is 12.8. The van der Waals surface area contributed by atoms with Crippen LogP contribution in [-0.4, -0.2) is 59.9 Å². The molecular weight excluding hydrogens is 266 g/mol. The highest BCUT2D eigenvalue weighted by Crippen LogP contribution is 2.28. The summed E-state index contributed by atoms with van der Waals surface area (Å²) in [5.41, 5.74) is 0. The van der Waals surface area contributed by atoms with Gasteiger partial charge in [0.15, 0.2) is 0 Å². The van der Waals surface area contributed by atoms with E-state index in [1.165, 1.54) is 12.8 Å². The van der Waals surface area contributed by atoms with Gasteiger partial charge in [0.25, 0.3) is 0 Å². The van der Waals surface area contributed by atoms with E-state index in [0.29, 0.717) is 6.42 Å². The Labute approximate surface area is 127 Å². The van der Waals surface area contributed by atoms with E-state index in [1.807, 2.05) is 0 Å². The highest BCUT2D eigenvalue weighted by atomic mass is 16.2. The Hall–Kier alpha value is -0.940. The molecule has 118 valence electrons. The topological polar surface area (TPSA) is 52.7 Å². The molecule has 0 spiro atoms. The van der Waals surface area contributed by atoms with Crippen molar-refractivity contribution in [2.24, 2.45) is 0 Å². The molecule has 0 bridgehead atoms. The number of nitrogens with one attached hydrogen (secondary N) is 1. The third-order valence-corrected chi connectivity index (χ3v) is 5.16. The van der Waals surface area contributed by atoms with Crippen LogP contribution < -0.4 is 5.32 Å². The number of imide groups is 1. The summed E-state index contributed by atoms with van der Waals surface area (Å²) >= 11 is 0. The summed E-state index contributed by atoms with van der Waals surface area (Å²) < 4.78 is 0. The first-order valence-electron chi connectivity index (χ1n) is 8.58. The molecule has 0 radical (unpaired) electrons. The van der Waals surface area contributed by atoms with Gasteiger partial charge in [-0.25, -0.2) is 0 Å². The van der Waals surface area contributed by atoms with Crippen LogP contribution in [0.3, 0.4) is 0 Å². The van der Waals surface area contributed by atoms with Crippen molar-refractivity contribution in [2.75, 3.05) is 26.2 Å². The van der Waals surface area contributed by atoms with Crippen LogP contribution in [0.5, 0.6) is 0 Å². The molecule has 5 nitrogen and oxygen atoms in total. The van der Waals surface area contributed by atoms with Gasteiger partial charge in [-0.3, -0.25) is 19.4 Å². The first kappa shape index (κ1) is 15.0. The number of rotatable bonds is 2. The summed E-state index contributed by atoms with van der Waals surface area (Å²) in [5, 5.41) is 3.36. The van der Waals surface area contributed by atoms with Crippen LogP contribution in [0.2, 0.25) is 0 Å². The number of carbonyl (C=O) groups is 2. The molecule has 1 unspecified atom stereocenters. The molecule has 1 aliphatic carbocycles. The molecule has 3 aliphatic rings. The lowest BCUT2D eigenvalue weighted by molar-refractivity contribution is -0.142. The molecule has 2 heterocycles. The Bertz CT molecular complexity index is 383. The fraction of sp³-hybridized carbons (Fsp3) is 0.875. The SMILES string of the molecule is O=C1CC(N2CCCNCC2)C(=O)N1C1CCCCCC1. The maximum Gasteiger partial charge on any atom is 0.247 e. The van der Waals surface area contributed by atoms with E-state index >= 15 is 0 Å². The normalized spacial score (nSPS) is 30.5. The molecule has 1 N–H and O–H groups in total. The van der Waals surface area contributed by atoms with E-state index < -0.39 is 0 Å². The highest BCUT2D eigenvalue weighted by molar-refractivity contribution is 6.05. The molecular formula is C16H27N3O2. The van der Waals surface area contributed by atoms with E-state index in [1.54, 1.807) is 4.90 Å². The van der Waals surface area contributed by atoms with Gasteiger partial charge >= 0.3 is 0 Å². The van der Waals surface area contributed by atoms with Gasteiger partial charge in [0.1, 0.15) is 0 Å². The van der Waals surface area contributed by atoms with Gasteiger partial charge in [-0.2, -0.15) is 0 Å². The zero-order valence-corrected chi connectivity index (χ0v) is 12.9. The molecule has 2 saturated heterocycles. The number of carbonyl (C=O) groups excluding carboxylic acids is 2. The second-order valence-corrected chi connectivity index (χ2v) is 6.61. The standard InChI is InChI=1S/C16H27N3O2/c20-15-12-14(18-10-5-8-17-9-11-18)16(21)19(15)13-6-3-1-2-4-7-13/h13-14,17H,1-12H2. The fourth-order valence-electron chi connectivity index (χ4n) is 4.00. The fourth-order valence-corrected chi connectivity index (χ4v) is 4.00. The zero-order chi connectivity index (χ0) is 14.7. The molecule has 3 fully saturated rings. The second kappa shape index (κ2) is 6.88. The van der Waals surface area contributed by atoms with Crippen LogP contribution in [0, 0.1) is 0 Å². The van der Waals surface area contributed by atoms with E-state index in [4.69, 9.17) is 0 Å². The van der Waals surface area contributed by atoms with E-state index in [0.717, 1.165) is 58.3 Å². The molecule has 5 heteroatoms. The predicted octanol–water partition coefficient (Wildman–Crippen LogP) is 1.13. The van der Waals surface area contributed by atoms with Crippen molar-refractivity contribution in [3.05, 3.63) is 0 Å². The third-order valence-electron chi connectivity index (χ3n) is 5.16. The summed E-state index contributed by atoms with van der Waals surface area (Å²) in [4.78, 5) is 29.0. The largest absolute Gasteiger partial charge is 0.315 e. The summed E-state index contributed by atoms with van der Waals surface area (Å²) in [6.07, 6.45) is 8.26. The Morgan fingerprint density at radius 2 is 1.67 bits per heavy atom. The number of likely N-dealkylation sites (tertiary alicyclic amines) is 1. The van der Waals surface area contributed by atoms with Crippen LogP contribution in [0.15, 0.2) is 0 Å². The zero-order valence-electron chi connectivity index (χ0n) is 12.9. The maximum atomic E-state index is 12.8. The van der Waals surface area contributed by atoms with Gasteiger partial charge in [-0.05, 0) is 25.8 Å². The van der Waals surface area contributed by atoms with Crippen molar-refractivity contribution < 1.29 is 9.59 Å². The lowest BCUT2D eigenvalue weighted by Crippen LogP contribution is -2.46.